The number of benzene rings is 2. The van der Waals surface area contributed by atoms with E-state index in [1.165, 1.54) is 0 Å². The Balaban J connectivity index is 0.00000192. The van der Waals surface area contributed by atoms with Crippen molar-refractivity contribution in [2.24, 2.45) is 5.92 Å². The first-order chi connectivity index (χ1) is 10.7. The number of carbonyl (C=O) groups is 1. The lowest BCUT2D eigenvalue weighted by Gasteiger charge is -2.26. The molecule has 0 spiro atoms. The third-order valence-electron chi connectivity index (χ3n) is 3.89. The number of halogens is 1. The maximum atomic E-state index is 11.9. The number of hydrogen-bond acceptors (Lipinski definition) is 3. The third-order valence-corrected chi connectivity index (χ3v) is 3.89. The number of ether oxygens (including phenoxy) is 1. The summed E-state index contributed by atoms with van der Waals surface area (Å²) in [5.74, 6) is 1.82. The number of aryl methyl sites for hydroxylation is 1. The highest BCUT2D eigenvalue weighted by molar-refractivity contribution is 5.85. The Morgan fingerprint density at radius 2 is 1.78 bits per heavy atom. The maximum absolute atomic E-state index is 11.9. The molecule has 0 unspecified atom stereocenters. The average Bonchev–Trinajstić information content (AvgIpc) is 2.47. The molecule has 3 rings (SSSR count). The fraction of sp³-hybridized carbons (Fsp3) is 0.278. The fourth-order valence-electron chi connectivity index (χ4n) is 2.34. The van der Waals surface area contributed by atoms with E-state index in [2.05, 4.69) is 10.6 Å². The third kappa shape index (κ3) is 4.24. The Hall–Kier alpha value is -2.04. The minimum absolute atomic E-state index is 0. The van der Waals surface area contributed by atoms with Crippen molar-refractivity contribution >= 4 is 18.3 Å². The van der Waals surface area contributed by atoms with Gasteiger partial charge in [-0.15, -0.1) is 12.4 Å². The van der Waals surface area contributed by atoms with Crippen LogP contribution in [0.4, 0.5) is 0 Å². The summed E-state index contributed by atoms with van der Waals surface area (Å²) in [4.78, 5) is 11.9. The van der Waals surface area contributed by atoms with E-state index in [0.29, 0.717) is 6.54 Å². The molecular formula is C18H21ClN2O2. The van der Waals surface area contributed by atoms with Gasteiger partial charge in [0.05, 0.1) is 5.92 Å². The Labute approximate surface area is 142 Å². The minimum Gasteiger partial charge on any atom is -0.457 e. The Kier molecular flexibility index (Phi) is 6.02. The van der Waals surface area contributed by atoms with Crippen LogP contribution in [0.2, 0.25) is 0 Å². The zero-order chi connectivity index (χ0) is 15.4. The first kappa shape index (κ1) is 17.3. The maximum Gasteiger partial charge on any atom is 0.225 e. The van der Waals surface area contributed by atoms with Crippen molar-refractivity contribution < 1.29 is 9.53 Å². The van der Waals surface area contributed by atoms with Gasteiger partial charge in [-0.1, -0.05) is 36.4 Å². The van der Waals surface area contributed by atoms with Crippen LogP contribution in [-0.2, 0) is 11.3 Å². The molecule has 4 nitrogen and oxygen atoms in total. The summed E-state index contributed by atoms with van der Waals surface area (Å²) in [6.07, 6.45) is 0. The predicted octanol–water partition coefficient (Wildman–Crippen LogP) is 3.04. The summed E-state index contributed by atoms with van der Waals surface area (Å²) in [6.45, 7) is 4.04. The molecule has 0 saturated carbocycles. The summed E-state index contributed by atoms with van der Waals surface area (Å²) in [5, 5.41) is 6.09. The van der Waals surface area contributed by atoms with Crippen molar-refractivity contribution in [3.8, 4) is 11.5 Å². The first-order valence-electron chi connectivity index (χ1n) is 7.54. The lowest BCUT2D eigenvalue weighted by atomic mass is 10.0. The van der Waals surface area contributed by atoms with E-state index in [4.69, 9.17) is 4.74 Å². The van der Waals surface area contributed by atoms with Gasteiger partial charge in [-0.05, 0) is 24.6 Å². The van der Waals surface area contributed by atoms with Crippen LogP contribution in [0.25, 0.3) is 0 Å². The lowest BCUT2D eigenvalue weighted by Crippen LogP contribution is -2.50. The van der Waals surface area contributed by atoms with Crippen LogP contribution in [-0.4, -0.2) is 19.0 Å². The summed E-state index contributed by atoms with van der Waals surface area (Å²) < 4.78 is 6.01. The quantitative estimate of drug-likeness (QED) is 0.884. The molecule has 0 bridgehead atoms. The Morgan fingerprint density at radius 3 is 2.43 bits per heavy atom. The van der Waals surface area contributed by atoms with E-state index in [1.54, 1.807) is 0 Å². The molecule has 2 N–H and O–H groups in total. The summed E-state index contributed by atoms with van der Waals surface area (Å²) in [6, 6.07) is 15.7. The molecule has 2 aromatic carbocycles. The molecule has 0 atom stereocenters. The molecule has 5 heteroatoms. The minimum atomic E-state index is 0. The number of para-hydroxylation sites is 2. The van der Waals surface area contributed by atoms with Gasteiger partial charge in [0.1, 0.15) is 11.5 Å². The molecule has 0 aliphatic carbocycles. The number of carbonyl (C=O) groups excluding carboxylic acids is 1. The van der Waals surface area contributed by atoms with Gasteiger partial charge in [-0.3, -0.25) is 4.79 Å². The van der Waals surface area contributed by atoms with Gasteiger partial charge < -0.3 is 15.4 Å². The molecule has 2 aromatic rings. The molecule has 1 amide bonds. The smallest absolute Gasteiger partial charge is 0.225 e. The fourth-order valence-corrected chi connectivity index (χ4v) is 2.34. The predicted molar refractivity (Wildman–Crippen MR) is 93.1 cm³/mol. The first-order valence-corrected chi connectivity index (χ1v) is 7.54. The SMILES string of the molecule is Cc1ccccc1Oc1ccccc1CNC(=O)C1CNC1.Cl. The highest BCUT2D eigenvalue weighted by Gasteiger charge is 2.24. The standard InChI is InChI=1S/C18H20N2O2.ClH/c1-13-6-2-4-8-16(13)22-17-9-5-3-7-14(17)12-20-18(21)15-10-19-11-15;/h2-9,15,19H,10-12H2,1H3,(H,20,21);1H. The van der Waals surface area contributed by atoms with Crippen molar-refractivity contribution in [2.45, 2.75) is 13.5 Å². The summed E-state index contributed by atoms with van der Waals surface area (Å²) in [5.41, 5.74) is 2.06. The second-order valence-corrected chi connectivity index (χ2v) is 5.55. The van der Waals surface area contributed by atoms with E-state index >= 15 is 0 Å². The van der Waals surface area contributed by atoms with Crippen LogP contribution in [0.3, 0.4) is 0 Å². The van der Waals surface area contributed by atoms with Gasteiger partial charge in [0, 0.05) is 25.2 Å². The van der Waals surface area contributed by atoms with E-state index in [-0.39, 0.29) is 24.2 Å². The van der Waals surface area contributed by atoms with Crippen LogP contribution in [0, 0.1) is 12.8 Å². The molecular weight excluding hydrogens is 312 g/mol. The normalized spacial score (nSPS) is 13.6. The van der Waals surface area contributed by atoms with Gasteiger partial charge in [0.2, 0.25) is 5.91 Å². The molecule has 1 heterocycles. The highest BCUT2D eigenvalue weighted by Crippen LogP contribution is 2.27. The Morgan fingerprint density at radius 1 is 1.13 bits per heavy atom. The molecule has 1 aliphatic heterocycles. The summed E-state index contributed by atoms with van der Waals surface area (Å²) in [7, 11) is 0. The van der Waals surface area contributed by atoms with E-state index in [0.717, 1.165) is 35.7 Å². The van der Waals surface area contributed by atoms with Crippen molar-refractivity contribution in [3.05, 3.63) is 59.7 Å². The molecule has 1 aliphatic rings. The van der Waals surface area contributed by atoms with Crippen molar-refractivity contribution in [1.82, 2.24) is 10.6 Å². The highest BCUT2D eigenvalue weighted by atomic mass is 35.5. The second kappa shape index (κ2) is 7.99. The largest absolute Gasteiger partial charge is 0.457 e. The summed E-state index contributed by atoms with van der Waals surface area (Å²) >= 11 is 0. The lowest BCUT2D eigenvalue weighted by molar-refractivity contribution is -0.126. The van der Waals surface area contributed by atoms with Crippen molar-refractivity contribution in [1.29, 1.82) is 0 Å². The van der Waals surface area contributed by atoms with Crippen molar-refractivity contribution in [3.63, 3.8) is 0 Å². The number of nitrogens with one attached hydrogen (secondary N) is 2. The monoisotopic (exact) mass is 332 g/mol. The van der Waals surface area contributed by atoms with Crippen LogP contribution in [0.5, 0.6) is 11.5 Å². The Bertz CT molecular complexity index is 672. The number of hydrogen-bond donors (Lipinski definition) is 2. The molecule has 1 saturated heterocycles. The van der Waals surface area contributed by atoms with Gasteiger partial charge in [0.25, 0.3) is 0 Å². The second-order valence-electron chi connectivity index (χ2n) is 5.55. The van der Waals surface area contributed by atoms with Crippen LogP contribution in [0.15, 0.2) is 48.5 Å². The molecule has 0 aromatic heterocycles. The van der Waals surface area contributed by atoms with Crippen LogP contribution >= 0.6 is 12.4 Å². The topological polar surface area (TPSA) is 50.4 Å². The van der Waals surface area contributed by atoms with Crippen molar-refractivity contribution in [2.75, 3.05) is 13.1 Å². The average molecular weight is 333 g/mol. The van der Waals surface area contributed by atoms with E-state index in [9.17, 15) is 4.79 Å². The van der Waals surface area contributed by atoms with Crippen LogP contribution in [0.1, 0.15) is 11.1 Å². The molecule has 122 valence electrons. The number of rotatable bonds is 5. The van der Waals surface area contributed by atoms with Gasteiger partial charge in [-0.2, -0.15) is 0 Å². The zero-order valence-corrected chi connectivity index (χ0v) is 13.9. The van der Waals surface area contributed by atoms with Gasteiger partial charge in [0.15, 0.2) is 0 Å². The van der Waals surface area contributed by atoms with Gasteiger partial charge >= 0.3 is 0 Å². The zero-order valence-electron chi connectivity index (χ0n) is 13.0. The molecule has 0 radical (unpaired) electrons. The molecule has 23 heavy (non-hydrogen) atoms. The van der Waals surface area contributed by atoms with Gasteiger partial charge in [-0.25, -0.2) is 0 Å². The number of amides is 1. The molecule has 1 fully saturated rings. The van der Waals surface area contributed by atoms with E-state index < -0.39 is 0 Å². The van der Waals surface area contributed by atoms with Crippen LogP contribution < -0.4 is 15.4 Å². The van der Waals surface area contributed by atoms with E-state index in [1.807, 2.05) is 55.5 Å².